The van der Waals surface area contributed by atoms with E-state index in [0.29, 0.717) is 23.9 Å². The molecule has 0 atom stereocenters. The van der Waals surface area contributed by atoms with Gasteiger partial charge in [0.2, 0.25) is 10.0 Å². The van der Waals surface area contributed by atoms with Crippen molar-refractivity contribution >= 4 is 33.4 Å². The highest BCUT2D eigenvalue weighted by Crippen LogP contribution is 2.21. The summed E-state index contributed by atoms with van der Waals surface area (Å²) in [7, 11) is -5.19. The van der Waals surface area contributed by atoms with Gasteiger partial charge in [-0.15, -0.1) is 0 Å². The van der Waals surface area contributed by atoms with Crippen LogP contribution in [0.2, 0.25) is 0 Å². The highest BCUT2D eigenvalue weighted by Gasteiger charge is 2.17. The summed E-state index contributed by atoms with van der Waals surface area (Å²) in [4.78, 5) is 4.23. The maximum Gasteiger partial charge on any atom is 0.488 e. The molecule has 9 heteroatoms. The molecule has 0 aliphatic carbocycles. The molecule has 0 aliphatic rings. The summed E-state index contributed by atoms with van der Waals surface area (Å²) < 4.78 is 27.8. The highest BCUT2D eigenvalue weighted by molar-refractivity contribution is 7.89. The number of nitrogens with zero attached hydrogens (tertiary/aromatic N) is 1. The molecule has 2 aromatic carbocycles. The average molecular weight is 385 g/mol. The lowest BCUT2D eigenvalue weighted by Gasteiger charge is -2.11. The first-order valence-electron chi connectivity index (χ1n) is 8.46. The molecule has 0 aliphatic heterocycles. The van der Waals surface area contributed by atoms with Crippen LogP contribution in [-0.4, -0.2) is 43.7 Å². The van der Waals surface area contributed by atoms with E-state index in [1.807, 2.05) is 6.07 Å². The number of aromatic nitrogens is 1. The van der Waals surface area contributed by atoms with Gasteiger partial charge in [-0.1, -0.05) is 36.4 Å². The van der Waals surface area contributed by atoms with E-state index in [1.54, 1.807) is 54.9 Å². The van der Waals surface area contributed by atoms with E-state index in [9.17, 15) is 18.5 Å². The van der Waals surface area contributed by atoms with Gasteiger partial charge in [0.1, 0.15) is 0 Å². The monoisotopic (exact) mass is 385 g/mol. The van der Waals surface area contributed by atoms with Crippen LogP contribution in [-0.2, 0) is 16.6 Å². The molecule has 1 aromatic heterocycles. The summed E-state index contributed by atoms with van der Waals surface area (Å²) in [5.41, 5.74) is 1.17. The third kappa shape index (κ3) is 4.71. The Morgan fingerprint density at radius 3 is 2.63 bits per heavy atom. The summed E-state index contributed by atoms with van der Waals surface area (Å²) >= 11 is 0. The number of nitrogens with one attached hydrogen (secondary N) is 2. The van der Waals surface area contributed by atoms with Gasteiger partial charge in [0.05, 0.1) is 4.90 Å². The molecule has 7 nitrogen and oxygen atoms in total. The summed E-state index contributed by atoms with van der Waals surface area (Å²) in [6.45, 7) is 0.991. The summed E-state index contributed by atoms with van der Waals surface area (Å²) in [5.74, 6) is 0. The topological polar surface area (TPSA) is 112 Å². The fourth-order valence-electron chi connectivity index (χ4n) is 2.85. The molecule has 1 heterocycles. The second kappa shape index (κ2) is 8.60. The van der Waals surface area contributed by atoms with Gasteiger partial charge in [-0.25, -0.2) is 13.1 Å². The summed E-state index contributed by atoms with van der Waals surface area (Å²) in [6.07, 6.45) is 3.19. The smallest absolute Gasteiger partial charge is 0.423 e. The predicted molar refractivity (Wildman–Crippen MR) is 105 cm³/mol. The normalized spacial score (nSPS) is 11.6. The number of sulfonamides is 1. The maximum absolute atomic E-state index is 12.6. The molecule has 3 rings (SSSR count). The molecular formula is C18H20BN3O4S. The molecule has 0 bridgehead atoms. The van der Waals surface area contributed by atoms with Gasteiger partial charge in [-0.2, -0.15) is 0 Å². The Morgan fingerprint density at radius 2 is 1.81 bits per heavy atom. The average Bonchev–Trinajstić information content (AvgIpc) is 2.67. The van der Waals surface area contributed by atoms with Crippen LogP contribution < -0.4 is 15.5 Å². The van der Waals surface area contributed by atoms with Gasteiger partial charge in [0.15, 0.2) is 0 Å². The molecule has 0 amide bonds. The van der Waals surface area contributed by atoms with Crippen LogP contribution in [0.1, 0.15) is 5.56 Å². The van der Waals surface area contributed by atoms with Gasteiger partial charge in [0, 0.05) is 42.8 Å². The molecule has 0 fully saturated rings. The van der Waals surface area contributed by atoms with Crippen molar-refractivity contribution in [1.29, 1.82) is 0 Å². The van der Waals surface area contributed by atoms with Gasteiger partial charge < -0.3 is 15.4 Å². The number of hydrogen-bond acceptors (Lipinski definition) is 6. The van der Waals surface area contributed by atoms with E-state index in [4.69, 9.17) is 0 Å². The van der Waals surface area contributed by atoms with Crippen molar-refractivity contribution in [2.24, 2.45) is 0 Å². The van der Waals surface area contributed by atoms with Crippen LogP contribution in [0.15, 0.2) is 65.8 Å². The minimum absolute atomic E-state index is 0.202. The molecule has 140 valence electrons. The predicted octanol–water partition coefficient (Wildman–Crippen LogP) is -0.0173. The second-order valence-electron chi connectivity index (χ2n) is 6.00. The second-order valence-corrected chi connectivity index (χ2v) is 7.74. The third-order valence-corrected chi connectivity index (χ3v) is 5.69. The van der Waals surface area contributed by atoms with Crippen molar-refractivity contribution in [3.63, 3.8) is 0 Å². The zero-order valence-corrected chi connectivity index (χ0v) is 15.4. The third-order valence-electron chi connectivity index (χ3n) is 4.17. The van der Waals surface area contributed by atoms with Crippen molar-refractivity contribution < 1.29 is 18.5 Å². The van der Waals surface area contributed by atoms with Crippen molar-refractivity contribution in [1.82, 2.24) is 15.0 Å². The fraction of sp³-hybridized carbons (Fsp3) is 0.167. The van der Waals surface area contributed by atoms with Crippen molar-refractivity contribution in [2.75, 3.05) is 13.1 Å². The first kappa shape index (κ1) is 19.5. The lowest BCUT2D eigenvalue weighted by molar-refractivity contribution is 0.425. The molecule has 0 saturated carbocycles. The maximum atomic E-state index is 12.6. The first-order chi connectivity index (χ1) is 13.0. The first-order valence-corrected chi connectivity index (χ1v) is 9.94. The van der Waals surface area contributed by atoms with Crippen molar-refractivity contribution in [3.8, 4) is 0 Å². The number of fused-ring (bicyclic) bond motifs is 1. The molecule has 0 saturated heterocycles. The van der Waals surface area contributed by atoms with Gasteiger partial charge >= 0.3 is 7.12 Å². The minimum atomic E-state index is -3.65. The summed E-state index contributed by atoms with van der Waals surface area (Å²) in [6, 6.07) is 13.7. The Labute approximate surface area is 158 Å². The Hall–Kier alpha value is -2.30. The van der Waals surface area contributed by atoms with Crippen LogP contribution in [0.25, 0.3) is 10.8 Å². The quantitative estimate of drug-likeness (QED) is 0.321. The van der Waals surface area contributed by atoms with Crippen LogP contribution in [0, 0.1) is 0 Å². The Morgan fingerprint density at radius 1 is 1.00 bits per heavy atom. The highest BCUT2D eigenvalue weighted by atomic mass is 32.2. The lowest BCUT2D eigenvalue weighted by atomic mass is 9.77. The molecule has 0 spiro atoms. The number of benzene rings is 2. The van der Waals surface area contributed by atoms with Gasteiger partial charge in [-0.05, 0) is 23.2 Å². The molecule has 27 heavy (non-hydrogen) atoms. The van der Waals surface area contributed by atoms with Crippen LogP contribution in [0.3, 0.4) is 0 Å². The molecule has 0 unspecified atom stereocenters. The molecular weight excluding hydrogens is 365 g/mol. The van der Waals surface area contributed by atoms with Gasteiger partial charge in [-0.3, -0.25) is 4.98 Å². The number of pyridine rings is 1. The van der Waals surface area contributed by atoms with Crippen molar-refractivity contribution in [3.05, 3.63) is 66.5 Å². The number of hydrogen-bond donors (Lipinski definition) is 4. The van der Waals surface area contributed by atoms with Crippen LogP contribution >= 0.6 is 0 Å². The Kier molecular flexibility index (Phi) is 6.20. The van der Waals surface area contributed by atoms with E-state index in [-0.39, 0.29) is 11.4 Å². The zero-order chi connectivity index (χ0) is 19.3. The van der Waals surface area contributed by atoms with Crippen molar-refractivity contribution in [2.45, 2.75) is 11.4 Å². The van der Waals surface area contributed by atoms with Gasteiger partial charge in [0.25, 0.3) is 0 Å². The van der Waals surface area contributed by atoms with E-state index in [0.717, 1.165) is 10.9 Å². The Bertz CT molecular complexity index is 1020. The SMILES string of the molecule is O=S(=O)(NCCNCc1ccccc1B(O)O)c1cccc2cnccc12. The van der Waals surface area contributed by atoms with E-state index in [2.05, 4.69) is 15.0 Å². The fourth-order valence-corrected chi connectivity index (χ4v) is 4.11. The number of rotatable bonds is 8. The van der Waals surface area contributed by atoms with E-state index >= 15 is 0 Å². The summed E-state index contributed by atoms with van der Waals surface area (Å²) in [5, 5.41) is 23.2. The molecule has 3 aromatic rings. The van der Waals surface area contributed by atoms with Crippen LogP contribution in [0.5, 0.6) is 0 Å². The lowest BCUT2D eigenvalue weighted by Crippen LogP contribution is -2.36. The minimum Gasteiger partial charge on any atom is -0.423 e. The standard InChI is InChI=1S/C18H20BN3O4S/c23-19(24)17-6-2-1-4-15(17)13-21-10-11-22-27(25,26)18-7-3-5-14-12-20-9-8-16(14)18/h1-9,12,21-24H,10-11,13H2. The van der Waals surface area contributed by atoms with E-state index in [1.165, 1.54) is 0 Å². The van der Waals surface area contributed by atoms with E-state index < -0.39 is 17.1 Å². The molecule has 4 N–H and O–H groups in total. The zero-order valence-electron chi connectivity index (χ0n) is 14.5. The molecule has 0 radical (unpaired) electrons. The Balaban J connectivity index is 1.59. The van der Waals surface area contributed by atoms with Crippen LogP contribution in [0.4, 0.5) is 0 Å². The largest absolute Gasteiger partial charge is 0.488 e.